The first kappa shape index (κ1) is 28.8. The second kappa shape index (κ2) is 6.90. The van der Waals surface area contributed by atoms with E-state index in [-0.39, 0.29) is 0 Å². The van der Waals surface area contributed by atoms with E-state index in [1.54, 1.807) is 0 Å². The Labute approximate surface area is 156 Å². The minimum absolute atomic E-state index is 0.653. The zero-order chi connectivity index (χ0) is 25.2. The molecule has 0 aliphatic carbocycles. The third kappa shape index (κ3) is 3.88. The Balaban J connectivity index is 6.70. The fourth-order valence-corrected chi connectivity index (χ4v) is 1.97. The van der Waals surface area contributed by atoms with Crippen LogP contribution >= 0.6 is 0 Å². The summed E-state index contributed by atoms with van der Waals surface area (Å²) in [5.41, 5.74) is -2.09. The molecule has 182 valence electrons. The van der Waals surface area contributed by atoms with E-state index < -0.39 is 59.5 Å². The van der Waals surface area contributed by atoms with Crippen molar-refractivity contribution >= 4 is 0 Å². The number of rotatable bonds is 7. The average Bonchev–Trinajstić information content (AvgIpc) is 2.41. The molecule has 0 atom stereocenters. The van der Waals surface area contributed by atoms with Gasteiger partial charge in [-0.25, -0.2) is 0 Å². The highest BCUT2D eigenvalue weighted by molar-refractivity contribution is 5.15. The van der Waals surface area contributed by atoms with Gasteiger partial charge >= 0.3 is 47.6 Å². The molecule has 0 bridgehead atoms. The number of hydrogen-bond acceptors (Lipinski definition) is 0. The lowest BCUT2D eigenvalue weighted by Gasteiger charge is -2.43. The predicted octanol–water partition coefficient (Wildman–Crippen LogP) is 7.43. The molecule has 0 N–H and O–H groups in total. The minimum Gasteiger partial charge on any atom is -0.200 e. The van der Waals surface area contributed by atoms with Gasteiger partial charge in [0.2, 0.25) is 0 Å². The van der Waals surface area contributed by atoms with E-state index in [4.69, 9.17) is 0 Å². The van der Waals surface area contributed by atoms with Gasteiger partial charge in [-0.05, 0) is 5.41 Å². The van der Waals surface area contributed by atoms with Gasteiger partial charge in [0.05, 0.1) is 0 Å². The van der Waals surface area contributed by atoms with Crippen molar-refractivity contribution in [3.05, 3.63) is 0 Å². The van der Waals surface area contributed by atoms with Crippen molar-refractivity contribution in [3.8, 4) is 0 Å². The maximum Gasteiger partial charge on any atom is 0.460 e. The van der Waals surface area contributed by atoms with Gasteiger partial charge in [0.15, 0.2) is 0 Å². The molecule has 0 aromatic heterocycles. The van der Waals surface area contributed by atoms with Crippen LogP contribution in [0.15, 0.2) is 0 Å². The lowest BCUT2D eigenvalue weighted by atomic mass is 9.82. The van der Waals surface area contributed by atoms with Crippen LogP contribution in [0, 0.1) is 5.41 Å². The van der Waals surface area contributed by atoms with Crippen LogP contribution < -0.4 is 0 Å². The Hall–Kier alpha value is -1.19. The molecular weight excluding hydrogens is 479 g/mol. The molecule has 0 spiro atoms. The predicted molar refractivity (Wildman–Crippen MR) is 64.8 cm³/mol. The molecule has 0 aliphatic rings. The van der Waals surface area contributed by atoms with Crippen molar-refractivity contribution in [2.75, 3.05) is 0 Å². The molecule has 0 heterocycles. The molecule has 0 aromatic rings. The largest absolute Gasteiger partial charge is 0.460 e. The van der Waals surface area contributed by atoms with E-state index >= 15 is 0 Å². The zero-order valence-corrected chi connectivity index (χ0v) is 14.6. The summed E-state index contributed by atoms with van der Waals surface area (Å²) in [4.78, 5) is 0. The molecule has 0 rings (SSSR count). The Kier molecular flexibility index (Phi) is 6.63. The van der Waals surface area contributed by atoms with Gasteiger partial charge in [-0.2, -0.15) is 74.6 Å². The zero-order valence-electron chi connectivity index (χ0n) is 14.6. The second-order valence-electron chi connectivity index (χ2n) is 7.39. The van der Waals surface area contributed by atoms with Crippen molar-refractivity contribution in [2.24, 2.45) is 5.41 Å². The summed E-state index contributed by atoms with van der Waals surface area (Å²) in [5, 5.41) is 0. The summed E-state index contributed by atoms with van der Waals surface area (Å²) < 4.78 is 221. The van der Waals surface area contributed by atoms with E-state index in [1.807, 2.05) is 0 Å². The van der Waals surface area contributed by atoms with Crippen LogP contribution in [-0.4, -0.2) is 47.6 Å². The summed E-state index contributed by atoms with van der Waals surface area (Å²) in [7, 11) is 0. The highest BCUT2D eigenvalue weighted by atomic mass is 19.4. The molecule has 30 heavy (non-hydrogen) atoms. The van der Waals surface area contributed by atoms with Crippen LogP contribution in [0.1, 0.15) is 27.2 Å². The normalized spacial score (nSPS) is 16.8. The van der Waals surface area contributed by atoms with Gasteiger partial charge in [0.25, 0.3) is 0 Å². The van der Waals surface area contributed by atoms with E-state index in [0.29, 0.717) is 20.8 Å². The van der Waals surface area contributed by atoms with Crippen molar-refractivity contribution in [1.29, 1.82) is 0 Å². The molecule has 0 radical (unpaired) electrons. The summed E-state index contributed by atoms with van der Waals surface area (Å²) in [6.45, 7) is 1.96. The highest BCUT2D eigenvalue weighted by Crippen LogP contribution is 2.64. The molecule has 0 saturated carbocycles. The molecule has 0 nitrogen and oxygen atoms in total. The average molecular weight is 490 g/mol. The van der Waals surface area contributed by atoms with Crippen LogP contribution in [0.5, 0.6) is 0 Å². The van der Waals surface area contributed by atoms with Crippen molar-refractivity contribution in [1.82, 2.24) is 0 Å². The monoisotopic (exact) mass is 490 g/mol. The summed E-state index contributed by atoms with van der Waals surface area (Å²) in [6, 6.07) is 0. The smallest absolute Gasteiger partial charge is 0.200 e. The van der Waals surface area contributed by atoms with Gasteiger partial charge in [-0.15, -0.1) is 0 Å². The topological polar surface area (TPSA) is 0 Å². The first-order valence-corrected chi connectivity index (χ1v) is 7.17. The van der Waals surface area contributed by atoms with Gasteiger partial charge < -0.3 is 0 Å². The van der Waals surface area contributed by atoms with E-state index in [1.165, 1.54) is 0 Å². The Morgan fingerprint density at radius 2 is 0.600 bits per heavy atom. The fraction of sp³-hybridized carbons (Fsp3) is 1.00. The van der Waals surface area contributed by atoms with Gasteiger partial charge in [-0.1, -0.05) is 20.8 Å². The van der Waals surface area contributed by atoms with Crippen LogP contribution in [0.2, 0.25) is 0 Å². The maximum absolute atomic E-state index is 13.5. The minimum atomic E-state index is -8.58. The Morgan fingerprint density at radius 1 is 0.367 bits per heavy atom. The third-order valence-corrected chi connectivity index (χ3v) is 3.54. The second-order valence-corrected chi connectivity index (χ2v) is 7.39. The van der Waals surface area contributed by atoms with Gasteiger partial charge in [0, 0.05) is 6.42 Å². The van der Waals surface area contributed by atoms with E-state index in [9.17, 15) is 74.6 Å². The molecule has 0 unspecified atom stereocenters. The molecule has 0 fully saturated rings. The van der Waals surface area contributed by atoms with Crippen LogP contribution in [0.3, 0.4) is 0 Å². The maximum atomic E-state index is 13.5. The standard InChI is InChI=1S/C13H11F17/c1-5(2,3)4-6(14,15)7(16,17)8(18,19)9(20,21)10(22,23)11(24,25)12(26,27)13(28,29)30/h4H2,1-3H3. The summed E-state index contributed by atoms with van der Waals surface area (Å²) in [6.07, 6.45) is -10.2. The number of hydrogen-bond donors (Lipinski definition) is 0. The molecular formula is C13H11F17. The SMILES string of the molecule is CC(C)(C)CC(F)(F)C(F)(F)C(F)(F)C(F)(F)C(F)(F)C(F)(F)C(F)(F)C(F)(F)F. The summed E-state index contributed by atoms with van der Waals surface area (Å²) >= 11 is 0. The first-order chi connectivity index (χ1) is 12.5. The van der Waals surface area contributed by atoms with E-state index in [2.05, 4.69) is 0 Å². The van der Waals surface area contributed by atoms with Crippen molar-refractivity contribution in [3.63, 3.8) is 0 Å². The van der Waals surface area contributed by atoms with Crippen molar-refractivity contribution in [2.45, 2.75) is 74.8 Å². The van der Waals surface area contributed by atoms with E-state index in [0.717, 1.165) is 0 Å². The van der Waals surface area contributed by atoms with Crippen LogP contribution in [0.4, 0.5) is 74.6 Å². The number of halogens is 17. The Morgan fingerprint density at radius 3 is 0.833 bits per heavy atom. The molecule has 0 saturated heterocycles. The third-order valence-electron chi connectivity index (χ3n) is 3.54. The highest BCUT2D eigenvalue weighted by Gasteiger charge is 2.95. The van der Waals surface area contributed by atoms with Gasteiger partial charge in [-0.3, -0.25) is 0 Å². The fourth-order valence-electron chi connectivity index (χ4n) is 1.97. The summed E-state index contributed by atoms with van der Waals surface area (Å²) in [5.74, 6) is -55.8. The van der Waals surface area contributed by atoms with Gasteiger partial charge in [0.1, 0.15) is 0 Å². The van der Waals surface area contributed by atoms with Crippen molar-refractivity contribution < 1.29 is 74.6 Å². The first-order valence-electron chi connectivity index (χ1n) is 7.17. The lowest BCUT2D eigenvalue weighted by molar-refractivity contribution is -0.462. The van der Waals surface area contributed by atoms with Crippen LogP contribution in [0.25, 0.3) is 0 Å². The number of alkyl halides is 17. The Bertz CT molecular complexity index is 619. The molecule has 17 heteroatoms. The molecule has 0 aliphatic heterocycles. The molecule has 0 amide bonds. The van der Waals surface area contributed by atoms with Crippen LogP contribution in [-0.2, 0) is 0 Å². The lowest BCUT2D eigenvalue weighted by Crippen LogP contribution is -2.74. The quantitative estimate of drug-likeness (QED) is 0.326. The molecule has 0 aromatic carbocycles.